The standard InChI is InChI=1S/C17H21N3O2S/c1-4-20(5-2)17(21)12-23-16-10-9-15(18-19-16)13-7-6-8-14(11-13)22-3/h6-11H,4-5,12H2,1-3H3. The largest absolute Gasteiger partial charge is 0.497 e. The summed E-state index contributed by atoms with van der Waals surface area (Å²) in [5.74, 6) is 1.29. The predicted molar refractivity (Wildman–Crippen MR) is 92.7 cm³/mol. The Morgan fingerprint density at radius 3 is 2.57 bits per heavy atom. The van der Waals surface area contributed by atoms with Crippen molar-refractivity contribution in [1.82, 2.24) is 15.1 Å². The van der Waals surface area contributed by atoms with Crippen molar-refractivity contribution >= 4 is 17.7 Å². The van der Waals surface area contributed by atoms with Crippen LogP contribution >= 0.6 is 11.8 Å². The molecule has 1 heterocycles. The van der Waals surface area contributed by atoms with Gasteiger partial charge < -0.3 is 9.64 Å². The van der Waals surface area contributed by atoms with Gasteiger partial charge in [0, 0.05) is 18.7 Å². The fraction of sp³-hybridized carbons (Fsp3) is 0.353. The van der Waals surface area contributed by atoms with E-state index in [0.29, 0.717) is 5.75 Å². The molecule has 0 aliphatic rings. The molecule has 0 fully saturated rings. The van der Waals surface area contributed by atoms with Crippen LogP contribution in [0.15, 0.2) is 41.4 Å². The van der Waals surface area contributed by atoms with Gasteiger partial charge in [0.2, 0.25) is 5.91 Å². The summed E-state index contributed by atoms with van der Waals surface area (Å²) in [6.45, 7) is 5.43. The highest BCUT2D eigenvalue weighted by atomic mass is 32.2. The van der Waals surface area contributed by atoms with E-state index in [1.807, 2.05) is 55.1 Å². The van der Waals surface area contributed by atoms with Gasteiger partial charge in [-0.2, -0.15) is 0 Å². The number of ether oxygens (including phenoxy) is 1. The number of benzene rings is 1. The van der Waals surface area contributed by atoms with Crippen LogP contribution in [0.2, 0.25) is 0 Å². The Bertz CT molecular complexity index is 643. The first-order valence-electron chi connectivity index (χ1n) is 7.56. The first-order chi connectivity index (χ1) is 11.2. The van der Waals surface area contributed by atoms with Gasteiger partial charge in [0.15, 0.2) is 0 Å². The Kier molecular flexibility index (Phi) is 6.40. The van der Waals surface area contributed by atoms with Crippen LogP contribution in [0, 0.1) is 0 Å². The van der Waals surface area contributed by atoms with Gasteiger partial charge in [0.05, 0.1) is 18.6 Å². The molecular formula is C17H21N3O2S. The van der Waals surface area contributed by atoms with Gasteiger partial charge in [-0.25, -0.2) is 0 Å². The Labute approximate surface area is 141 Å². The van der Waals surface area contributed by atoms with Gasteiger partial charge >= 0.3 is 0 Å². The smallest absolute Gasteiger partial charge is 0.232 e. The molecule has 0 unspecified atom stereocenters. The van der Waals surface area contributed by atoms with E-state index in [9.17, 15) is 4.79 Å². The van der Waals surface area contributed by atoms with E-state index in [-0.39, 0.29) is 5.91 Å². The third-order valence-corrected chi connectivity index (χ3v) is 4.37. The summed E-state index contributed by atoms with van der Waals surface area (Å²) < 4.78 is 5.21. The van der Waals surface area contributed by atoms with Crippen LogP contribution in [0.5, 0.6) is 5.75 Å². The number of hydrogen-bond acceptors (Lipinski definition) is 5. The maximum absolute atomic E-state index is 12.0. The number of aromatic nitrogens is 2. The Balaban J connectivity index is 2.00. The average molecular weight is 331 g/mol. The molecule has 23 heavy (non-hydrogen) atoms. The van der Waals surface area contributed by atoms with Crippen molar-refractivity contribution < 1.29 is 9.53 Å². The van der Waals surface area contributed by atoms with E-state index in [0.717, 1.165) is 35.1 Å². The zero-order valence-electron chi connectivity index (χ0n) is 13.7. The van der Waals surface area contributed by atoms with Crippen LogP contribution in [0.3, 0.4) is 0 Å². The molecule has 0 saturated carbocycles. The fourth-order valence-corrected chi connectivity index (χ4v) is 2.85. The minimum Gasteiger partial charge on any atom is -0.497 e. The van der Waals surface area contributed by atoms with Crippen molar-refractivity contribution in [3.63, 3.8) is 0 Å². The molecule has 6 heteroatoms. The molecule has 0 spiro atoms. The highest BCUT2D eigenvalue weighted by Gasteiger charge is 2.10. The molecule has 0 N–H and O–H groups in total. The lowest BCUT2D eigenvalue weighted by Gasteiger charge is -2.17. The van der Waals surface area contributed by atoms with Crippen LogP contribution in [-0.4, -0.2) is 47.0 Å². The first-order valence-corrected chi connectivity index (χ1v) is 8.55. The maximum Gasteiger partial charge on any atom is 0.232 e. The van der Waals surface area contributed by atoms with Crippen LogP contribution in [0.4, 0.5) is 0 Å². The monoisotopic (exact) mass is 331 g/mol. The number of carbonyl (C=O) groups excluding carboxylic acids is 1. The SMILES string of the molecule is CCN(CC)C(=O)CSc1ccc(-c2cccc(OC)c2)nn1. The van der Waals surface area contributed by atoms with E-state index in [2.05, 4.69) is 10.2 Å². The summed E-state index contributed by atoms with van der Waals surface area (Å²) >= 11 is 1.41. The van der Waals surface area contributed by atoms with Gasteiger partial charge in [0.25, 0.3) is 0 Å². The normalized spacial score (nSPS) is 10.4. The predicted octanol–water partition coefficient (Wildman–Crippen LogP) is 3.11. The second-order valence-corrected chi connectivity index (χ2v) is 5.84. The molecule has 1 amide bonds. The molecule has 2 aromatic rings. The molecule has 0 radical (unpaired) electrons. The number of methoxy groups -OCH3 is 1. The zero-order valence-corrected chi connectivity index (χ0v) is 14.5. The number of carbonyl (C=O) groups is 1. The van der Waals surface area contributed by atoms with Crippen molar-refractivity contribution in [2.75, 3.05) is 26.0 Å². The van der Waals surface area contributed by atoms with Crippen molar-refractivity contribution in [1.29, 1.82) is 0 Å². The third-order valence-electron chi connectivity index (χ3n) is 3.47. The topological polar surface area (TPSA) is 55.3 Å². The summed E-state index contributed by atoms with van der Waals surface area (Å²) in [6, 6.07) is 11.5. The van der Waals surface area contributed by atoms with E-state index < -0.39 is 0 Å². The highest BCUT2D eigenvalue weighted by molar-refractivity contribution is 7.99. The molecule has 0 aliphatic carbocycles. The van der Waals surface area contributed by atoms with E-state index >= 15 is 0 Å². The molecule has 2 rings (SSSR count). The number of rotatable bonds is 7. The number of amides is 1. The Morgan fingerprint density at radius 2 is 1.96 bits per heavy atom. The summed E-state index contributed by atoms with van der Waals surface area (Å²) in [7, 11) is 1.64. The first kappa shape index (κ1) is 17.3. The van der Waals surface area contributed by atoms with Gasteiger partial charge in [-0.05, 0) is 38.1 Å². The molecule has 0 atom stereocenters. The lowest BCUT2D eigenvalue weighted by Crippen LogP contribution is -2.31. The van der Waals surface area contributed by atoms with Crippen LogP contribution < -0.4 is 4.74 Å². The van der Waals surface area contributed by atoms with Crippen molar-refractivity contribution in [3.8, 4) is 17.0 Å². The van der Waals surface area contributed by atoms with Crippen molar-refractivity contribution in [2.24, 2.45) is 0 Å². The van der Waals surface area contributed by atoms with Gasteiger partial charge in [-0.1, -0.05) is 23.9 Å². The minimum absolute atomic E-state index is 0.124. The highest BCUT2D eigenvalue weighted by Crippen LogP contribution is 2.23. The van der Waals surface area contributed by atoms with Crippen molar-refractivity contribution in [2.45, 2.75) is 18.9 Å². The molecule has 0 aliphatic heterocycles. The number of hydrogen-bond donors (Lipinski definition) is 0. The zero-order chi connectivity index (χ0) is 16.7. The van der Waals surface area contributed by atoms with Gasteiger partial charge in [0.1, 0.15) is 10.8 Å². The second-order valence-electron chi connectivity index (χ2n) is 4.84. The molecule has 1 aromatic heterocycles. The minimum atomic E-state index is 0.124. The van der Waals surface area contributed by atoms with Gasteiger partial charge in [-0.15, -0.1) is 10.2 Å². The average Bonchev–Trinajstić information content (AvgIpc) is 2.61. The molecule has 0 saturated heterocycles. The number of thioether (sulfide) groups is 1. The molecule has 122 valence electrons. The van der Waals surface area contributed by atoms with Crippen molar-refractivity contribution in [3.05, 3.63) is 36.4 Å². The number of nitrogens with zero attached hydrogens (tertiary/aromatic N) is 3. The summed E-state index contributed by atoms with van der Waals surface area (Å²) in [6.07, 6.45) is 0. The van der Waals surface area contributed by atoms with E-state index in [1.165, 1.54) is 11.8 Å². The molecule has 0 bridgehead atoms. The summed E-state index contributed by atoms with van der Waals surface area (Å²) in [5, 5.41) is 9.18. The lowest BCUT2D eigenvalue weighted by molar-refractivity contribution is -0.127. The third kappa shape index (κ3) is 4.69. The summed E-state index contributed by atoms with van der Waals surface area (Å²) in [5.41, 5.74) is 1.73. The second kappa shape index (κ2) is 8.53. The summed E-state index contributed by atoms with van der Waals surface area (Å²) in [4.78, 5) is 13.8. The van der Waals surface area contributed by atoms with Crippen LogP contribution in [0.25, 0.3) is 11.3 Å². The van der Waals surface area contributed by atoms with Gasteiger partial charge in [-0.3, -0.25) is 4.79 Å². The van der Waals surface area contributed by atoms with E-state index in [1.54, 1.807) is 7.11 Å². The van der Waals surface area contributed by atoms with E-state index in [4.69, 9.17) is 4.74 Å². The van der Waals surface area contributed by atoms with Crippen LogP contribution in [0.1, 0.15) is 13.8 Å². The molecule has 5 nitrogen and oxygen atoms in total. The lowest BCUT2D eigenvalue weighted by atomic mass is 10.1. The Hall–Kier alpha value is -2.08. The molecule has 1 aromatic carbocycles. The fourth-order valence-electron chi connectivity index (χ4n) is 2.14. The maximum atomic E-state index is 12.0. The molecular weight excluding hydrogens is 310 g/mol. The quantitative estimate of drug-likeness (QED) is 0.730. The Morgan fingerprint density at radius 1 is 1.17 bits per heavy atom. The van der Waals surface area contributed by atoms with Crippen LogP contribution in [-0.2, 0) is 4.79 Å².